The molecular formula is C28H32N2O5. The van der Waals surface area contributed by atoms with Crippen LogP contribution in [0.5, 0.6) is 0 Å². The normalized spacial score (nSPS) is 21.0. The summed E-state index contributed by atoms with van der Waals surface area (Å²) >= 11 is 0. The topological polar surface area (TPSA) is 95.9 Å². The molecule has 0 heterocycles. The smallest absolute Gasteiger partial charge is 0.407 e. The summed E-state index contributed by atoms with van der Waals surface area (Å²) in [6.45, 7) is 0.463. The zero-order chi connectivity index (χ0) is 24.4. The Labute approximate surface area is 205 Å². The van der Waals surface area contributed by atoms with Crippen molar-refractivity contribution in [2.24, 2.45) is 5.92 Å². The predicted octanol–water partition coefficient (Wildman–Crippen LogP) is 4.55. The van der Waals surface area contributed by atoms with Crippen molar-refractivity contribution in [1.82, 2.24) is 10.2 Å². The van der Waals surface area contributed by atoms with E-state index < -0.39 is 12.1 Å². The van der Waals surface area contributed by atoms with Crippen LogP contribution in [0.2, 0.25) is 0 Å². The van der Waals surface area contributed by atoms with Gasteiger partial charge in [-0.2, -0.15) is 0 Å². The number of benzene rings is 2. The molecule has 5 rings (SSSR count). The zero-order valence-electron chi connectivity index (χ0n) is 19.8. The monoisotopic (exact) mass is 476 g/mol. The molecule has 2 N–H and O–H groups in total. The van der Waals surface area contributed by atoms with Crippen LogP contribution >= 0.6 is 0 Å². The molecular weight excluding hydrogens is 444 g/mol. The molecule has 184 valence electrons. The van der Waals surface area contributed by atoms with Crippen LogP contribution in [0.15, 0.2) is 48.5 Å². The van der Waals surface area contributed by atoms with Crippen LogP contribution in [0.4, 0.5) is 4.79 Å². The SMILES string of the molecule is O=C(O)CCN(C(=O)[C@@H]1CCCC[C@@H]1NC(=O)OCC1c2ccccc2-c2ccccc21)C1CC1. The first-order valence-corrected chi connectivity index (χ1v) is 12.7. The van der Waals surface area contributed by atoms with Gasteiger partial charge in [0.25, 0.3) is 0 Å². The van der Waals surface area contributed by atoms with E-state index in [0.717, 1.165) is 43.2 Å². The maximum Gasteiger partial charge on any atom is 0.407 e. The number of rotatable bonds is 8. The number of carboxylic acid groups (broad SMARTS) is 1. The molecule has 0 unspecified atom stereocenters. The summed E-state index contributed by atoms with van der Waals surface area (Å²) in [6.07, 6.45) is 4.57. The van der Waals surface area contributed by atoms with E-state index in [2.05, 4.69) is 29.6 Å². The van der Waals surface area contributed by atoms with Crippen molar-refractivity contribution < 1.29 is 24.2 Å². The van der Waals surface area contributed by atoms with Gasteiger partial charge in [0.05, 0.1) is 12.3 Å². The van der Waals surface area contributed by atoms with E-state index in [4.69, 9.17) is 9.84 Å². The molecule has 2 saturated carbocycles. The fraction of sp³-hybridized carbons (Fsp3) is 0.464. The highest BCUT2D eigenvalue weighted by molar-refractivity contribution is 5.82. The van der Waals surface area contributed by atoms with Crippen LogP contribution < -0.4 is 5.32 Å². The largest absolute Gasteiger partial charge is 0.481 e. The van der Waals surface area contributed by atoms with E-state index in [0.29, 0.717) is 6.42 Å². The summed E-state index contributed by atoms with van der Waals surface area (Å²) < 4.78 is 5.72. The van der Waals surface area contributed by atoms with E-state index in [-0.39, 0.29) is 49.4 Å². The quantitative estimate of drug-likeness (QED) is 0.583. The molecule has 35 heavy (non-hydrogen) atoms. The molecule has 2 atom stereocenters. The van der Waals surface area contributed by atoms with Crippen molar-refractivity contribution in [1.29, 1.82) is 0 Å². The van der Waals surface area contributed by atoms with Crippen LogP contribution in [0.3, 0.4) is 0 Å². The van der Waals surface area contributed by atoms with Gasteiger partial charge in [-0.25, -0.2) is 4.79 Å². The molecule has 2 aromatic rings. The molecule has 0 aromatic heterocycles. The van der Waals surface area contributed by atoms with Crippen LogP contribution in [-0.2, 0) is 14.3 Å². The zero-order valence-corrected chi connectivity index (χ0v) is 19.8. The molecule has 0 radical (unpaired) electrons. The van der Waals surface area contributed by atoms with Gasteiger partial charge in [0.1, 0.15) is 6.61 Å². The third kappa shape index (κ3) is 5.04. The Balaban J connectivity index is 1.23. The van der Waals surface area contributed by atoms with E-state index in [1.807, 2.05) is 24.3 Å². The Kier molecular flexibility index (Phi) is 6.75. The van der Waals surface area contributed by atoms with Crippen molar-refractivity contribution in [3.05, 3.63) is 59.7 Å². The highest BCUT2D eigenvalue weighted by atomic mass is 16.5. The lowest BCUT2D eigenvalue weighted by Gasteiger charge is -2.35. The van der Waals surface area contributed by atoms with Gasteiger partial charge in [-0.15, -0.1) is 0 Å². The number of ether oxygens (including phenoxy) is 1. The molecule has 0 bridgehead atoms. The molecule has 0 saturated heterocycles. The number of nitrogens with one attached hydrogen (secondary N) is 1. The first kappa shape index (κ1) is 23.4. The van der Waals surface area contributed by atoms with Gasteiger partial charge in [0, 0.05) is 24.5 Å². The second-order valence-electron chi connectivity index (χ2n) is 9.87. The van der Waals surface area contributed by atoms with Gasteiger partial charge in [-0.05, 0) is 47.9 Å². The summed E-state index contributed by atoms with van der Waals surface area (Å²) in [5, 5.41) is 12.1. The Morgan fingerprint density at radius 3 is 2.17 bits per heavy atom. The van der Waals surface area contributed by atoms with Crippen molar-refractivity contribution in [3.8, 4) is 11.1 Å². The van der Waals surface area contributed by atoms with E-state index >= 15 is 0 Å². The molecule has 0 spiro atoms. The van der Waals surface area contributed by atoms with E-state index in [1.165, 1.54) is 11.1 Å². The number of amides is 2. The fourth-order valence-electron chi connectivity index (χ4n) is 5.68. The summed E-state index contributed by atoms with van der Waals surface area (Å²) in [5.41, 5.74) is 4.67. The van der Waals surface area contributed by atoms with Crippen LogP contribution in [0.1, 0.15) is 62.0 Å². The lowest BCUT2D eigenvalue weighted by Crippen LogP contribution is -2.50. The molecule has 7 heteroatoms. The van der Waals surface area contributed by atoms with Gasteiger partial charge >= 0.3 is 12.1 Å². The Morgan fingerprint density at radius 2 is 1.54 bits per heavy atom. The number of alkyl carbamates (subject to hydrolysis) is 1. The second kappa shape index (κ2) is 10.1. The number of nitrogens with zero attached hydrogens (tertiary/aromatic N) is 1. The fourth-order valence-corrected chi connectivity index (χ4v) is 5.68. The minimum atomic E-state index is -0.902. The average Bonchev–Trinajstić information content (AvgIpc) is 3.65. The van der Waals surface area contributed by atoms with Gasteiger partial charge in [-0.1, -0.05) is 61.4 Å². The Morgan fingerprint density at radius 1 is 0.914 bits per heavy atom. The number of carbonyl (C=O) groups excluding carboxylic acids is 2. The number of carboxylic acids is 1. The molecule has 2 aromatic carbocycles. The molecule has 2 amide bonds. The Hall–Kier alpha value is -3.35. The van der Waals surface area contributed by atoms with Crippen LogP contribution in [0, 0.1) is 5.92 Å². The molecule has 0 aliphatic heterocycles. The van der Waals surface area contributed by atoms with Crippen molar-refractivity contribution in [3.63, 3.8) is 0 Å². The van der Waals surface area contributed by atoms with Gasteiger partial charge in [0.2, 0.25) is 5.91 Å². The third-order valence-electron chi connectivity index (χ3n) is 7.57. The van der Waals surface area contributed by atoms with Gasteiger partial charge in [0.15, 0.2) is 0 Å². The van der Waals surface area contributed by atoms with E-state index in [9.17, 15) is 14.4 Å². The molecule has 7 nitrogen and oxygen atoms in total. The highest BCUT2D eigenvalue weighted by Crippen LogP contribution is 2.44. The average molecular weight is 477 g/mol. The van der Waals surface area contributed by atoms with Crippen molar-refractivity contribution >= 4 is 18.0 Å². The molecule has 3 aliphatic rings. The Bertz CT molecular complexity index is 1070. The lowest BCUT2D eigenvalue weighted by molar-refractivity contribution is -0.141. The standard InChI is InChI=1S/C28H32N2O5/c31-26(32)15-16-30(18-13-14-18)27(33)23-11-5-6-12-25(23)29-28(34)35-17-24-21-9-3-1-7-19(21)20-8-2-4-10-22(20)24/h1-4,7-10,18,23-25H,5-6,11-17H2,(H,29,34)(H,31,32)/t23-,25+/m1/s1. The summed E-state index contributed by atoms with van der Waals surface area (Å²) in [5.74, 6) is -1.28. The van der Waals surface area contributed by atoms with Gasteiger partial charge in [-0.3, -0.25) is 9.59 Å². The van der Waals surface area contributed by atoms with E-state index in [1.54, 1.807) is 4.90 Å². The maximum absolute atomic E-state index is 13.4. The van der Waals surface area contributed by atoms with Crippen LogP contribution in [-0.4, -0.2) is 53.2 Å². The third-order valence-corrected chi connectivity index (χ3v) is 7.57. The predicted molar refractivity (Wildman–Crippen MR) is 131 cm³/mol. The minimum Gasteiger partial charge on any atom is -0.481 e. The summed E-state index contributed by atoms with van der Waals surface area (Å²) in [6, 6.07) is 16.3. The second-order valence-corrected chi connectivity index (χ2v) is 9.87. The van der Waals surface area contributed by atoms with Crippen molar-refractivity contribution in [2.75, 3.05) is 13.2 Å². The van der Waals surface area contributed by atoms with Gasteiger partial charge < -0.3 is 20.1 Å². The first-order valence-electron chi connectivity index (χ1n) is 12.7. The molecule has 2 fully saturated rings. The van der Waals surface area contributed by atoms with Crippen molar-refractivity contribution in [2.45, 2.75) is 62.9 Å². The lowest BCUT2D eigenvalue weighted by atomic mass is 9.83. The number of aliphatic carboxylic acids is 1. The molecule has 3 aliphatic carbocycles. The number of carbonyl (C=O) groups is 3. The minimum absolute atomic E-state index is 0.0155. The highest BCUT2D eigenvalue weighted by Gasteiger charge is 2.40. The maximum atomic E-state index is 13.4. The van der Waals surface area contributed by atoms with Crippen LogP contribution in [0.25, 0.3) is 11.1 Å². The summed E-state index contributed by atoms with van der Waals surface area (Å²) in [4.78, 5) is 39.0. The summed E-state index contributed by atoms with van der Waals surface area (Å²) in [7, 11) is 0. The number of hydrogen-bond acceptors (Lipinski definition) is 4. The number of fused-ring (bicyclic) bond motifs is 3. The first-order chi connectivity index (χ1) is 17.0. The number of hydrogen-bond donors (Lipinski definition) is 2.